The van der Waals surface area contributed by atoms with Gasteiger partial charge in [0.05, 0.1) is 51.3 Å². The van der Waals surface area contributed by atoms with E-state index in [2.05, 4.69) is 10.6 Å². The summed E-state index contributed by atoms with van der Waals surface area (Å²) in [6, 6.07) is 31.1. The Bertz CT molecular complexity index is 2570. The molecule has 0 spiro atoms. The van der Waals surface area contributed by atoms with Crippen molar-refractivity contribution < 1.29 is 28.8 Å². The van der Waals surface area contributed by atoms with Crippen molar-refractivity contribution in [3.8, 4) is 5.75 Å². The second kappa shape index (κ2) is 17.3. The van der Waals surface area contributed by atoms with Crippen LogP contribution in [0.15, 0.2) is 103 Å². The third-order valence-corrected chi connectivity index (χ3v) is 10.1. The molecule has 2 heterocycles. The van der Waals surface area contributed by atoms with Gasteiger partial charge in [0.1, 0.15) is 12.4 Å². The minimum absolute atomic E-state index is 0.150. The van der Waals surface area contributed by atoms with Gasteiger partial charge in [-0.3, -0.25) is 19.7 Å². The van der Waals surface area contributed by atoms with Crippen molar-refractivity contribution in [2.45, 2.75) is 33.3 Å². The van der Waals surface area contributed by atoms with Crippen molar-refractivity contribution in [2.24, 2.45) is 0 Å². The van der Waals surface area contributed by atoms with E-state index in [1.165, 1.54) is 30.2 Å². The number of nitro benzene ring substituents is 1. The summed E-state index contributed by atoms with van der Waals surface area (Å²) < 4.78 is 11.0. The van der Waals surface area contributed by atoms with Crippen LogP contribution in [0.5, 0.6) is 5.75 Å². The summed E-state index contributed by atoms with van der Waals surface area (Å²) >= 11 is 0. The van der Waals surface area contributed by atoms with E-state index >= 15 is 0 Å². The molecule has 2 aromatic heterocycles. The molecule has 13 nitrogen and oxygen atoms in total. The molecule has 5 aromatic carbocycles. The number of pyridine rings is 2. The van der Waals surface area contributed by atoms with Crippen molar-refractivity contribution >= 4 is 67.2 Å². The standard InChI is InChI=1S/C45H42N6O7/c1-28-10-4-12-30-24-32-14-6-16-36(41(32)48-39(28)30)43(52)46-20-8-22-50(45(54)58-27-34-18-19-35(51(55)56)26-38(34)57-3)23-9-21-47-44(53)37-17-7-15-33-25-31-13-5-11-29(2)40(31)49-42(33)37/h4-7,10-19,24-26H,8-9,20-23,27H2,1-3H3,(H,46,52)(H,47,53). The average Bonchev–Trinajstić information content (AvgIpc) is 3.23. The summed E-state index contributed by atoms with van der Waals surface area (Å²) in [6.45, 7) is 4.79. The van der Waals surface area contributed by atoms with Crippen LogP contribution in [0.1, 0.15) is 50.2 Å². The van der Waals surface area contributed by atoms with Gasteiger partial charge in [0.15, 0.2) is 0 Å². The molecular formula is C45H42N6O7. The van der Waals surface area contributed by atoms with Crippen LogP contribution >= 0.6 is 0 Å². The van der Waals surface area contributed by atoms with Crippen LogP contribution < -0.4 is 15.4 Å². The van der Waals surface area contributed by atoms with Gasteiger partial charge in [-0.1, -0.05) is 60.7 Å². The number of hydrogen-bond acceptors (Lipinski definition) is 9. The van der Waals surface area contributed by atoms with E-state index in [9.17, 15) is 24.5 Å². The number of ether oxygens (including phenoxy) is 2. The normalized spacial score (nSPS) is 11.2. The molecule has 0 aliphatic carbocycles. The molecule has 3 amide bonds. The summed E-state index contributed by atoms with van der Waals surface area (Å²) in [6.07, 6.45) is 0.186. The van der Waals surface area contributed by atoms with E-state index in [4.69, 9.17) is 19.4 Å². The van der Waals surface area contributed by atoms with Crippen LogP contribution in [-0.4, -0.2) is 71.0 Å². The molecule has 294 valence electrons. The molecule has 0 radical (unpaired) electrons. The van der Waals surface area contributed by atoms with Crippen molar-refractivity contribution in [1.82, 2.24) is 25.5 Å². The molecule has 0 saturated carbocycles. The number of nitrogens with zero attached hydrogens (tertiary/aromatic N) is 4. The predicted octanol–water partition coefficient (Wildman–Crippen LogP) is 8.20. The van der Waals surface area contributed by atoms with Gasteiger partial charge in [-0.05, 0) is 68.1 Å². The molecule has 0 fully saturated rings. The van der Waals surface area contributed by atoms with Crippen molar-refractivity contribution in [1.29, 1.82) is 0 Å². The third kappa shape index (κ3) is 8.48. The van der Waals surface area contributed by atoms with Crippen molar-refractivity contribution in [3.05, 3.63) is 141 Å². The number of methoxy groups -OCH3 is 1. The molecule has 58 heavy (non-hydrogen) atoms. The Balaban J connectivity index is 1.01. The largest absolute Gasteiger partial charge is 0.496 e. The lowest BCUT2D eigenvalue weighted by Gasteiger charge is -2.23. The van der Waals surface area contributed by atoms with Crippen LogP contribution in [0, 0.1) is 24.0 Å². The first-order valence-corrected chi connectivity index (χ1v) is 19.0. The average molecular weight is 779 g/mol. The number of carbonyl (C=O) groups excluding carboxylic acids is 3. The first kappa shape index (κ1) is 39.1. The summed E-state index contributed by atoms with van der Waals surface area (Å²) in [5.41, 5.74) is 6.14. The van der Waals surface area contributed by atoms with Gasteiger partial charge in [0.2, 0.25) is 0 Å². The van der Waals surface area contributed by atoms with Crippen LogP contribution in [-0.2, 0) is 11.3 Å². The molecule has 0 saturated heterocycles. The molecular weight excluding hydrogens is 737 g/mol. The monoisotopic (exact) mass is 778 g/mol. The Hall–Kier alpha value is -7.15. The van der Waals surface area contributed by atoms with Gasteiger partial charge < -0.3 is 25.0 Å². The number of benzene rings is 5. The fraction of sp³-hybridized carbons (Fsp3) is 0.222. The Labute approximate surface area is 334 Å². The summed E-state index contributed by atoms with van der Waals surface area (Å²) in [4.78, 5) is 62.3. The zero-order chi connectivity index (χ0) is 40.8. The Morgan fingerprint density at radius 3 is 1.64 bits per heavy atom. The maximum atomic E-state index is 13.5. The summed E-state index contributed by atoms with van der Waals surface area (Å²) in [5.74, 6) is -0.338. The molecule has 2 N–H and O–H groups in total. The summed E-state index contributed by atoms with van der Waals surface area (Å²) in [5, 5.41) is 20.9. The number of non-ortho nitro benzene ring substituents is 1. The molecule has 0 aliphatic rings. The lowest BCUT2D eigenvalue weighted by atomic mass is 10.0. The SMILES string of the molecule is COc1cc([N+](=O)[O-])ccc1COC(=O)N(CCCNC(=O)c1cccc2cc3cccc(C)c3nc12)CCCNC(=O)c1cccc2cc3cccc(C)c3nc12. The zero-order valence-electron chi connectivity index (χ0n) is 32.4. The maximum Gasteiger partial charge on any atom is 0.410 e. The van der Waals surface area contributed by atoms with E-state index in [1.807, 2.05) is 86.6 Å². The van der Waals surface area contributed by atoms with Gasteiger partial charge in [-0.15, -0.1) is 0 Å². The second-order valence-electron chi connectivity index (χ2n) is 14.0. The number of aromatic nitrogens is 2. The molecule has 7 aromatic rings. The highest BCUT2D eigenvalue weighted by atomic mass is 16.6. The fourth-order valence-electron chi connectivity index (χ4n) is 7.06. The van der Waals surface area contributed by atoms with Gasteiger partial charge in [-0.25, -0.2) is 14.8 Å². The van der Waals surface area contributed by atoms with E-state index in [0.29, 0.717) is 40.6 Å². The number of hydrogen-bond donors (Lipinski definition) is 2. The van der Waals surface area contributed by atoms with E-state index in [1.54, 1.807) is 12.1 Å². The lowest BCUT2D eigenvalue weighted by molar-refractivity contribution is -0.384. The van der Waals surface area contributed by atoms with Crippen LogP contribution in [0.2, 0.25) is 0 Å². The number of para-hydroxylation sites is 4. The van der Waals surface area contributed by atoms with Crippen molar-refractivity contribution in [3.63, 3.8) is 0 Å². The van der Waals surface area contributed by atoms with E-state index < -0.39 is 11.0 Å². The molecule has 0 bridgehead atoms. The van der Waals surface area contributed by atoms with Crippen LogP contribution in [0.3, 0.4) is 0 Å². The minimum atomic E-state index is -0.626. The zero-order valence-corrected chi connectivity index (χ0v) is 32.4. The molecule has 0 unspecified atom stereocenters. The predicted molar refractivity (Wildman–Crippen MR) is 223 cm³/mol. The highest BCUT2D eigenvalue weighted by Gasteiger charge is 2.19. The number of amides is 3. The smallest absolute Gasteiger partial charge is 0.410 e. The highest BCUT2D eigenvalue weighted by molar-refractivity contribution is 6.09. The Morgan fingerprint density at radius 1 is 0.672 bits per heavy atom. The first-order valence-electron chi connectivity index (χ1n) is 19.0. The van der Waals surface area contributed by atoms with E-state index in [0.717, 1.165) is 43.7 Å². The highest BCUT2D eigenvalue weighted by Crippen LogP contribution is 2.27. The maximum absolute atomic E-state index is 13.5. The number of rotatable bonds is 14. The van der Waals surface area contributed by atoms with Gasteiger partial charge in [0.25, 0.3) is 17.5 Å². The molecule has 0 aliphatic heterocycles. The Morgan fingerprint density at radius 2 is 1.16 bits per heavy atom. The third-order valence-electron chi connectivity index (χ3n) is 10.1. The topological polar surface area (TPSA) is 166 Å². The number of aryl methyl sites for hydroxylation is 2. The molecule has 0 atom stereocenters. The van der Waals surface area contributed by atoms with Crippen molar-refractivity contribution in [2.75, 3.05) is 33.3 Å². The number of nitrogens with one attached hydrogen (secondary N) is 2. The quantitative estimate of drug-likeness (QED) is 0.0479. The fourth-order valence-corrected chi connectivity index (χ4v) is 7.06. The van der Waals surface area contributed by atoms with E-state index in [-0.39, 0.29) is 56.0 Å². The number of fused-ring (bicyclic) bond motifs is 4. The summed E-state index contributed by atoms with van der Waals surface area (Å²) in [7, 11) is 1.38. The number of nitro groups is 1. The van der Waals surface area contributed by atoms with Crippen LogP contribution in [0.4, 0.5) is 10.5 Å². The number of carbonyl (C=O) groups is 3. The first-order chi connectivity index (χ1) is 28.1. The second-order valence-corrected chi connectivity index (χ2v) is 14.0. The Kier molecular flexibility index (Phi) is 11.7. The lowest BCUT2D eigenvalue weighted by Crippen LogP contribution is -2.37. The van der Waals surface area contributed by atoms with Gasteiger partial charge in [-0.2, -0.15) is 0 Å². The van der Waals surface area contributed by atoms with Gasteiger partial charge in [0, 0.05) is 59.4 Å². The van der Waals surface area contributed by atoms with Gasteiger partial charge >= 0.3 is 6.09 Å². The molecule has 7 rings (SSSR count). The minimum Gasteiger partial charge on any atom is -0.496 e. The molecule has 13 heteroatoms. The van der Waals surface area contributed by atoms with Crippen LogP contribution in [0.25, 0.3) is 43.6 Å².